The third-order valence-electron chi connectivity index (χ3n) is 2.97. The molecule has 0 aromatic heterocycles. The summed E-state index contributed by atoms with van der Waals surface area (Å²) in [6.45, 7) is 1.78. The van der Waals surface area contributed by atoms with Gasteiger partial charge in [-0.2, -0.15) is 0 Å². The Morgan fingerprint density at radius 2 is 2.25 bits per heavy atom. The molecular formula is C10H19N3O3. The molecule has 0 spiro atoms. The van der Waals surface area contributed by atoms with Gasteiger partial charge in [-0.1, -0.05) is 0 Å². The highest BCUT2D eigenvalue weighted by Gasteiger charge is 2.29. The monoisotopic (exact) mass is 229 g/mol. The van der Waals surface area contributed by atoms with E-state index >= 15 is 0 Å². The average molecular weight is 229 g/mol. The highest BCUT2D eigenvalue weighted by molar-refractivity contribution is 5.86. The molecule has 0 aromatic rings. The van der Waals surface area contributed by atoms with E-state index in [0.717, 1.165) is 19.5 Å². The molecule has 2 unspecified atom stereocenters. The van der Waals surface area contributed by atoms with E-state index in [0.29, 0.717) is 0 Å². The third kappa shape index (κ3) is 3.18. The third-order valence-corrected chi connectivity index (χ3v) is 2.97. The first-order valence-electron chi connectivity index (χ1n) is 5.34. The zero-order valence-corrected chi connectivity index (χ0v) is 9.72. The molecule has 6 heteroatoms. The number of hydrogen-bond donors (Lipinski definition) is 2. The molecule has 1 amide bonds. The van der Waals surface area contributed by atoms with Crippen LogP contribution in [-0.2, 0) is 9.59 Å². The lowest BCUT2D eigenvalue weighted by molar-refractivity contribution is -0.142. The highest BCUT2D eigenvalue weighted by Crippen LogP contribution is 2.13. The van der Waals surface area contributed by atoms with E-state index in [1.165, 1.54) is 0 Å². The molecule has 92 valence electrons. The summed E-state index contributed by atoms with van der Waals surface area (Å²) in [5.74, 6) is -1.33. The number of rotatable bonds is 4. The number of aliphatic carboxylic acids is 1. The van der Waals surface area contributed by atoms with Crippen molar-refractivity contribution in [3.05, 3.63) is 0 Å². The quantitative estimate of drug-likeness (QED) is 0.642. The predicted molar refractivity (Wildman–Crippen MR) is 58.9 cm³/mol. The summed E-state index contributed by atoms with van der Waals surface area (Å²) in [7, 11) is 3.68. The predicted octanol–water partition coefficient (Wildman–Crippen LogP) is -1.05. The maximum atomic E-state index is 11.8. The lowest BCUT2D eigenvalue weighted by Gasteiger charge is -2.26. The normalized spacial score (nSPS) is 23.1. The fourth-order valence-corrected chi connectivity index (χ4v) is 1.94. The van der Waals surface area contributed by atoms with Crippen LogP contribution in [0, 0.1) is 0 Å². The van der Waals surface area contributed by atoms with Gasteiger partial charge in [0, 0.05) is 19.6 Å². The van der Waals surface area contributed by atoms with Crippen LogP contribution in [0.2, 0.25) is 0 Å². The first-order chi connectivity index (χ1) is 7.41. The number of nitrogens with two attached hydrogens (primary N) is 1. The number of likely N-dealkylation sites (tertiary alicyclic amines) is 1. The van der Waals surface area contributed by atoms with E-state index in [9.17, 15) is 9.59 Å². The van der Waals surface area contributed by atoms with E-state index in [4.69, 9.17) is 10.8 Å². The molecule has 1 fully saturated rings. The van der Waals surface area contributed by atoms with Crippen molar-refractivity contribution in [1.29, 1.82) is 0 Å². The zero-order chi connectivity index (χ0) is 12.3. The Morgan fingerprint density at radius 3 is 2.69 bits per heavy atom. The van der Waals surface area contributed by atoms with Crippen LogP contribution >= 0.6 is 0 Å². The molecule has 1 aliphatic rings. The topological polar surface area (TPSA) is 86.9 Å². The average Bonchev–Trinajstić information content (AvgIpc) is 2.61. The summed E-state index contributed by atoms with van der Waals surface area (Å²) in [5.41, 5.74) is 5.54. The van der Waals surface area contributed by atoms with E-state index in [2.05, 4.69) is 4.90 Å². The molecule has 16 heavy (non-hydrogen) atoms. The molecule has 2 atom stereocenters. The number of amides is 1. The van der Waals surface area contributed by atoms with Crippen molar-refractivity contribution in [3.63, 3.8) is 0 Å². The summed E-state index contributed by atoms with van der Waals surface area (Å²) < 4.78 is 0. The van der Waals surface area contributed by atoms with Crippen molar-refractivity contribution in [2.24, 2.45) is 5.73 Å². The molecule has 1 rings (SSSR count). The number of carboxylic acid groups (broad SMARTS) is 1. The first kappa shape index (κ1) is 12.9. The van der Waals surface area contributed by atoms with Crippen LogP contribution in [0.25, 0.3) is 0 Å². The minimum Gasteiger partial charge on any atom is -0.481 e. The molecule has 1 heterocycles. The fourth-order valence-electron chi connectivity index (χ4n) is 1.94. The van der Waals surface area contributed by atoms with Crippen molar-refractivity contribution in [3.8, 4) is 0 Å². The highest BCUT2D eigenvalue weighted by atomic mass is 16.4. The van der Waals surface area contributed by atoms with Gasteiger partial charge in [0.1, 0.15) is 0 Å². The van der Waals surface area contributed by atoms with Crippen LogP contribution in [-0.4, -0.2) is 66.1 Å². The zero-order valence-electron chi connectivity index (χ0n) is 9.72. The number of hydrogen-bond acceptors (Lipinski definition) is 4. The van der Waals surface area contributed by atoms with Crippen molar-refractivity contribution in [1.82, 2.24) is 9.80 Å². The van der Waals surface area contributed by atoms with E-state index in [-0.39, 0.29) is 18.4 Å². The number of nitrogens with zero attached hydrogens (tertiary/aromatic N) is 2. The molecule has 3 N–H and O–H groups in total. The van der Waals surface area contributed by atoms with Crippen LogP contribution < -0.4 is 5.73 Å². The van der Waals surface area contributed by atoms with Crippen molar-refractivity contribution < 1.29 is 14.7 Å². The number of carbonyl (C=O) groups excluding carboxylic acids is 1. The Bertz CT molecular complexity index is 282. The second-order valence-corrected chi connectivity index (χ2v) is 4.36. The Balaban J connectivity index is 2.49. The van der Waals surface area contributed by atoms with Crippen LogP contribution in [0.4, 0.5) is 0 Å². The summed E-state index contributed by atoms with van der Waals surface area (Å²) >= 11 is 0. The van der Waals surface area contributed by atoms with Gasteiger partial charge in [-0.05, 0) is 20.0 Å². The van der Waals surface area contributed by atoms with E-state index < -0.39 is 12.0 Å². The summed E-state index contributed by atoms with van der Waals surface area (Å²) in [6.07, 6.45) is 0.601. The number of carboxylic acids is 1. The molecule has 1 saturated heterocycles. The Hall–Kier alpha value is -1.14. The molecule has 0 aromatic carbocycles. The SMILES string of the molecule is CN1CCC(N(C)C(=O)C(N)CC(=O)O)C1. The van der Waals surface area contributed by atoms with Gasteiger partial charge in [0.05, 0.1) is 12.5 Å². The second kappa shape index (κ2) is 5.27. The lowest BCUT2D eigenvalue weighted by Crippen LogP contribution is -2.48. The minimum absolute atomic E-state index is 0.150. The smallest absolute Gasteiger partial charge is 0.305 e. The minimum atomic E-state index is -1.04. The lowest BCUT2D eigenvalue weighted by atomic mass is 10.1. The summed E-state index contributed by atoms with van der Waals surface area (Å²) in [4.78, 5) is 26.0. The van der Waals surface area contributed by atoms with Gasteiger partial charge in [0.15, 0.2) is 0 Å². The molecule has 6 nitrogen and oxygen atoms in total. The Kier molecular flexibility index (Phi) is 4.26. The van der Waals surface area contributed by atoms with Crippen molar-refractivity contribution >= 4 is 11.9 Å². The molecule has 0 radical (unpaired) electrons. The summed E-state index contributed by atoms with van der Waals surface area (Å²) in [5, 5.41) is 8.56. The molecular weight excluding hydrogens is 210 g/mol. The summed E-state index contributed by atoms with van der Waals surface area (Å²) in [6, 6.07) is -0.786. The van der Waals surface area contributed by atoms with Crippen LogP contribution in [0.15, 0.2) is 0 Å². The Morgan fingerprint density at radius 1 is 1.62 bits per heavy atom. The van der Waals surface area contributed by atoms with E-state index in [1.807, 2.05) is 7.05 Å². The number of likely N-dealkylation sites (N-methyl/N-ethyl adjacent to an activating group) is 2. The van der Waals surface area contributed by atoms with Crippen LogP contribution in [0.3, 0.4) is 0 Å². The largest absolute Gasteiger partial charge is 0.481 e. The van der Waals surface area contributed by atoms with Gasteiger partial charge >= 0.3 is 5.97 Å². The van der Waals surface area contributed by atoms with Crippen molar-refractivity contribution in [2.45, 2.75) is 24.9 Å². The van der Waals surface area contributed by atoms with Crippen molar-refractivity contribution in [2.75, 3.05) is 27.2 Å². The van der Waals surface area contributed by atoms with Crippen LogP contribution in [0.1, 0.15) is 12.8 Å². The molecule has 1 aliphatic heterocycles. The van der Waals surface area contributed by atoms with Gasteiger partial charge in [-0.15, -0.1) is 0 Å². The maximum Gasteiger partial charge on any atom is 0.305 e. The number of carbonyl (C=O) groups is 2. The standard InChI is InChI=1S/C10H19N3O3/c1-12-4-3-7(6-12)13(2)10(16)8(11)5-9(14)15/h7-8H,3-6,11H2,1-2H3,(H,14,15). The van der Waals surface area contributed by atoms with Crippen LogP contribution in [0.5, 0.6) is 0 Å². The fraction of sp³-hybridized carbons (Fsp3) is 0.800. The molecule has 0 aliphatic carbocycles. The molecule has 0 bridgehead atoms. The van der Waals surface area contributed by atoms with Gasteiger partial charge < -0.3 is 20.6 Å². The van der Waals surface area contributed by atoms with Gasteiger partial charge in [0.25, 0.3) is 0 Å². The molecule has 0 saturated carbocycles. The van der Waals surface area contributed by atoms with Gasteiger partial charge in [-0.25, -0.2) is 0 Å². The van der Waals surface area contributed by atoms with E-state index in [1.54, 1.807) is 11.9 Å². The van der Waals surface area contributed by atoms with Gasteiger partial charge in [-0.3, -0.25) is 9.59 Å². The first-order valence-corrected chi connectivity index (χ1v) is 5.34. The maximum absolute atomic E-state index is 11.8. The van der Waals surface area contributed by atoms with Gasteiger partial charge in [0.2, 0.25) is 5.91 Å². The Labute approximate surface area is 95.0 Å². The second-order valence-electron chi connectivity index (χ2n) is 4.36.